The molecule has 2 N–H and O–H groups in total. The monoisotopic (exact) mass is 465 g/mol. The molecule has 0 aliphatic heterocycles. The van der Waals surface area contributed by atoms with Crippen molar-refractivity contribution in [1.29, 1.82) is 0 Å². The number of hydrogen-bond acceptors (Lipinski definition) is 8. The predicted molar refractivity (Wildman–Crippen MR) is 113 cm³/mol. The van der Waals surface area contributed by atoms with Gasteiger partial charge in [-0.15, -0.1) is 0 Å². The quantitative estimate of drug-likeness (QED) is 0.224. The summed E-state index contributed by atoms with van der Waals surface area (Å²) < 4.78 is 63.9. The van der Waals surface area contributed by atoms with Crippen LogP contribution in [0.2, 0.25) is 0 Å². The standard InChI is InChI=1S/C18H10N4O6S2.Na/c23-29(24,25)9-1-3-11-13(5-9)21-17-8-16-18(7-15(17)19-11)22-14-6-10(30(26,27)28)2-4-12(14)20-16;/h1-8H,(H,23,24,25)(H,26,27,28);. The van der Waals surface area contributed by atoms with Crippen LogP contribution < -0.4 is 0 Å². The first kappa shape index (κ1) is 21.9. The number of fused-ring (bicyclic) bond motifs is 4. The molecule has 2 aromatic heterocycles. The first-order valence-electron chi connectivity index (χ1n) is 8.36. The molecule has 0 saturated heterocycles. The van der Waals surface area contributed by atoms with E-state index in [9.17, 15) is 25.9 Å². The summed E-state index contributed by atoms with van der Waals surface area (Å²) in [6.07, 6.45) is 0. The summed E-state index contributed by atoms with van der Waals surface area (Å²) >= 11 is 0. The second-order valence-electron chi connectivity index (χ2n) is 6.53. The fourth-order valence-electron chi connectivity index (χ4n) is 3.13. The Bertz CT molecular complexity index is 1630. The van der Waals surface area contributed by atoms with Crippen LogP contribution in [0.15, 0.2) is 58.3 Å². The van der Waals surface area contributed by atoms with E-state index in [0.29, 0.717) is 33.1 Å². The van der Waals surface area contributed by atoms with Gasteiger partial charge in [-0.05, 0) is 48.5 Å². The van der Waals surface area contributed by atoms with Gasteiger partial charge in [0.05, 0.1) is 53.9 Å². The van der Waals surface area contributed by atoms with E-state index >= 15 is 0 Å². The zero-order chi connectivity index (χ0) is 21.3. The molecule has 0 fully saturated rings. The van der Waals surface area contributed by atoms with Crippen molar-refractivity contribution in [1.82, 2.24) is 19.9 Å². The van der Waals surface area contributed by atoms with Crippen molar-refractivity contribution in [3.63, 3.8) is 0 Å². The van der Waals surface area contributed by atoms with Crippen molar-refractivity contribution in [2.45, 2.75) is 9.79 Å². The summed E-state index contributed by atoms with van der Waals surface area (Å²) in [7, 11) is -8.74. The van der Waals surface area contributed by atoms with Crippen LogP contribution in [-0.2, 0) is 20.2 Å². The summed E-state index contributed by atoms with van der Waals surface area (Å²) in [4.78, 5) is 17.1. The molecule has 3 aromatic carbocycles. The Labute approximate surface area is 197 Å². The SMILES string of the molecule is O=S(=O)(O)c1ccc2nc3cc4nc5cc(S(=O)(=O)O)ccc5nc4cc3nc2c1.[Na]. The molecule has 0 saturated carbocycles. The topological polar surface area (TPSA) is 160 Å². The van der Waals surface area contributed by atoms with Gasteiger partial charge in [-0.25, -0.2) is 19.9 Å². The van der Waals surface area contributed by atoms with Gasteiger partial charge in [0.25, 0.3) is 20.2 Å². The molecule has 151 valence electrons. The van der Waals surface area contributed by atoms with Gasteiger partial charge in [0, 0.05) is 29.6 Å². The number of hydrogen-bond donors (Lipinski definition) is 2. The summed E-state index contributed by atoms with van der Waals surface area (Å²) in [5, 5.41) is 0. The maximum atomic E-state index is 11.4. The largest absolute Gasteiger partial charge is 0.294 e. The first-order chi connectivity index (χ1) is 14.1. The van der Waals surface area contributed by atoms with Gasteiger partial charge in [0.1, 0.15) is 0 Å². The Hall–Kier alpha value is -2.32. The third-order valence-electron chi connectivity index (χ3n) is 4.52. The van der Waals surface area contributed by atoms with Gasteiger partial charge in [-0.2, -0.15) is 16.8 Å². The molecule has 5 aromatic rings. The van der Waals surface area contributed by atoms with Crippen molar-refractivity contribution in [2.24, 2.45) is 0 Å². The summed E-state index contributed by atoms with van der Waals surface area (Å²) in [5.41, 5.74) is 3.19. The summed E-state index contributed by atoms with van der Waals surface area (Å²) in [6, 6.07) is 11.0. The Morgan fingerprint density at radius 1 is 0.484 bits per heavy atom. The van der Waals surface area contributed by atoms with Crippen LogP contribution in [-0.4, -0.2) is 75.4 Å². The van der Waals surface area contributed by atoms with Crippen molar-refractivity contribution in [3.8, 4) is 0 Å². The molecule has 13 heteroatoms. The Morgan fingerprint density at radius 2 is 0.774 bits per heavy atom. The van der Waals surface area contributed by atoms with Crippen LogP contribution in [0.4, 0.5) is 0 Å². The second kappa shape index (κ2) is 7.38. The molecule has 5 rings (SSSR count). The molecule has 0 spiro atoms. The molecule has 0 unspecified atom stereocenters. The molecule has 0 amide bonds. The van der Waals surface area contributed by atoms with E-state index in [-0.39, 0.29) is 50.4 Å². The minimum Gasteiger partial charge on any atom is -0.282 e. The van der Waals surface area contributed by atoms with Crippen LogP contribution in [0, 0.1) is 0 Å². The Balaban J connectivity index is 0.00000231. The number of rotatable bonds is 2. The smallest absolute Gasteiger partial charge is 0.282 e. The fourth-order valence-corrected chi connectivity index (χ4v) is 4.13. The minimum absolute atomic E-state index is 0. The maximum Gasteiger partial charge on any atom is 0.294 e. The zero-order valence-corrected chi connectivity index (χ0v) is 19.4. The van der Waals surface area contributed by atoms with E-state index in [1.807, 2.05) is 0 Å². The fraction of sp³-hybridized carbons (Fsp3) is 0. The van der Waals surface area contributed by atoms with Gasteiger partial charge in [0.15, 0.2) is 0 Å². The third-order valence-corrected chi connectivity index (χ3v) is 6.22. The van der Waals surface area contributed by atoms with Gasteiger partial charge in [-0.1, -0.05) is 0 Å². The molecular formula is C18H10N4NaO6S2. The van der Waals surface area contributed by atoms with E-state index in [1.54, 1.807) is 12.1 Å². The van der Waals surface area contributed by atoms with Crippen LogP contribution in [0.3, 0.4) is 0 Å². The second-order valence-corrected chi connectivity index (χ2v) is 9.37. The van der Waals surface area contributed by atoms with Crippen LogP contribution in [0.1, 0.15) is 0 Å². The average molecular weight is 465 g/mol. The molecule has 10 nitrogen and oxygen atoms in total. The molecule has 0 atom stereocenters. The number of nitrogens with zero attached hydrogens (tertiary/aromatic N) is 4. The molecule has 0 bridgehead atoms. The molecular weight excluding hydrogens is 455 g/mol. The summed E-state index contributed by atoms with van der Waals surface area (Å²) in [6.45, 7) is 0. The van der Waals surface area contributed by atoms with Crippen molar-refractivity contribution >= 4 is 93.9 Å². The van der Waals surface area contributed by atoms with E-state index in [2.05, 4.69) is 19.9 Å². The van der Waals surface area contributed by atoms with E-state index < -0.39 is 20.2 Å². The minimum atomic E-state index is -4.37. The average Bonchev–Trinajstić information content (AvgIpc) is 2.66. The van der Waals surface area contributed by atoms with Crippen LogP contribution in [0.25, 0.3) is 44.1 Å². The zero-order valence-electron chi connectivity index (χ0n) is 15.8. The molecule has 1 radical (unpaired) electrons. The van der Waals surface area contributed by atoms with Crippen molar-refractivity contribution in [2.75, 3.05) is 0 Å². The van der Waals surface area contributed by atoms with E-state index in [0.717, 1.165) is 0 Å². The molecule has 31 heavy (non-hydrogen) atoms. The van der Waals surface area contributed by atoms with Gasteiger partial charge in [0.2, 0.25) is 0 Å². The molecule has 2 heterocycles. The van der Waals surface area contributed by atoms with Crippen LogP contribution in [0.5, 0.6) is 0 Å². The van der Waals surface area contributed by atoms with E-state index in [4.69, 9.17) is 0 Å². The Kier molecular flexibility index (Phi) is 5.21. The summed E-state index contributed by atoms with van der Waals surface area (Å²) in [5.74, 6) is 0. The maximum absolute atomic E-state index is 11.4. The Morgan fingerprint density at radius 3 is 1.10 bits per heavy atom. The molecule has 0 aliphatic carbocycles. The van der Waals surface area contributed by atoms with Crippen molar-refractivity contribution in [3.05, 3.63) is 48.5 Å². The normalized spacial score (nSPS) is 12.5. The predicted octanol–water partition coefficient (Wildman–Crippen LogP) is 1.99. The molecule has 0 aliphatic rings. The number of aromatic nitrogens is 4. The van der Waals surface area contributed by atoms with E-state index in [1.165, 1.54) is 36.4 Å². The van der Waals surface area contributed by atoms with Crippen molar-refractivity contribution < 1.29 is 25.9 Å². The number of benzene rings is 3. The van der Waals surface area contributed by atoms with Gasteiger partial charge >= 0.3 is 0 Å². The third kappa shape index (κ3) is 3.99. The van der Waals surface area contributed by atoms with Gasteiger partial charge in [-0.3, -0.25) is 9.11 Å². The first-order valence-corrected chi connectivity index (χ1v) is 11.2. The van der Waals surface area contributed by atoms with Gasteiger partial charge < -0.3 is 0 Å². The van der Waals surface area contributed by atoms with Crippen LogP contribution >= 0.6 is 0 Å².